The third-order valence-electron chi connectivity index (χ3n) is 3.90. The first-order valence-electron chi connectivity index (χ1n) is 7.27. The van der Waals surface area contributed by atoms with Gasteiger partial charge in [-0.3, -0.25) is 0 Å². The fraction of sp³-hybridized carbons (Fsp3) is 1.00. The van der Waals surface area contributed by atoms with Crippen molar-refractivity contribution in [1.29, 1.82) is 0 Å². The Morgan fingerprint density at radius 3 is 1.06 bits per heavy atom. The standard InChI is InChI=1S/C12H24.C4H10/c1-8(2)11-6-7-12(9(3)4)10(11)5;1-4(2)3/h8-12H,6-7H2,1-5H3;4H,1-3H3. The average molecular weight is 226 g/mol. The van der Waals surface area contributed by atoms with Gasteiger partial charge >= 0.3 is 0 Å². The van der Waals surface area contributed by atoms with Gasteiger partial charge in [0.05, 0.1) is 0 Å². The molecule has 0 saturated heterocycles. The Bertz CT molecular complexity index is 148. The molecular weight excluding hydrogens is 192 g/mol. The zero-order chi connectivity index (χ0) is 12.9. The molecule has 1 aliphatic rings. The molecule has 2 atom stereocenters. The van der Waals surface area contributed by atoms with Crippen molar-refractivity contribution in [1.82, 2.24) is 0 Å². The van der Waals surface area contributed by atoms with Gasteiger partial charge in [-0.15, -0.1) is 0 Å². The van der Waals surface area contributed by atoms with E-state index >= 15 is 0 Å². The molecule has 1 fully saturated rings. The van der Waals surface area contributed by atoms with Crippen molar-refractivity contribution in [2.24, 2.45) is 35.5 Å². The van der Waals surface area contributed by atoms with Gasteiger partial charge in [0, 0.05) is 0 Å². The molecule has 0 aliphatic heterocycles. The van der Waals surface area contributed by atoms with Crippen molar-refractivity contribution in [3.63, 3.8) is 0 Å². The minimum absolute atomic E-state index is 0.833. The van der Waals surface area contributed by atoms with Crippen LogP contribution in [0.3, 0.4) is 0 Å². The van der Waals surface area contributed by atoms with Crippen LogP contribution in [-0.2, 0) is 0 Å². The molecule has 0 nitrogen and oxygen atoms in total. The molecule has 0 amide bonds. The quantitative estimate of drug-likeness (QED) is 0.573. The van der Waals surface area contributed by atoms with Gasteiger partial charge in [0.25, 0.3) is 0 Å². The van der Waals surface area contributed by atoms with E-state index < -0.39 is 0 Å². The molecule has 0 heterocycles. The van der Waals surface area contributed by atoms with Crippen molar-refractivity contribution in [3.8, 4) is 0 Å². The third-order valence-corrected chi connectivity index (χ3v) is 3.90. The number of hydrogen-bond donors (Lipinski definition) is 0. The zero-order valence-corrected chi connectivity index (χ0v) is 12.9. The molecule has 0 heteroatoms. The van der Waals surface area contributed by atoms with E-state index in [1.165, 1.54) is 12.8 Å². The van der Waals surface area contributed by atoms with Crippen LogP contribution in [0.5, 0.6) is 0 Å². The molecule has 0 N–H and O–H groups in total. The summed E-state index contributed by atoms with van der Waals surface area (Å²) in [6.45, 7) is 18.5. The molecule has 1 saturated carbocycles. The SMILES string of the molecule is CC(C)C.CC(C)C1CCC(C(C)C)C1C. The maximum atomic E-state index is 2.46. The Morgan fingerprint density at radius 2 is 0.938 bits per heavy atom. The average Bonchev–Trinajstić information content (AvgIpc) is 2.45. The lowest BCUT2D eigenvalue weighted by molar-refractivity contribution is 0.234. The van der Waals surface area contributed by atoms with Gasteiger partial charge < -0.3 is 0 Å². The topological polar surface area (TPSA) is 0 Å². The van der Waals surface area contributed by atoms with Crippen LogP contribution in [0.2, 0.25) is 0 Å². The number of rotatable bonds is 2. The molecular formula is C16H34. The summed E-state index contributed by atoms with van der Waals surface area (Å²) in [5.74, 6) is 5.58. The lowest BCUT2D eigenvalue weighted by atomic mass is 9.80. The van der Waals surface area contributed by atoms with E-state index in [2.05, 4.69) is 55.4 Å². The highest BCUT2D eigenvalue weighted by atomic mass is 14.4. The van der Waals surface area contributed by atoms with Crippen LogP contribution in [0, 0.1) is 35.5 Å². The van der Waals surface area contributed by atoms with Gasteiger partial charge in [0.1, 0.15) is 0 Å². The summed E-state index contributed by atoms with van der Waals surface area (Å²) in [6.07, 6.45) is 2.95. The van der Waals surface area contributed by atoms with Crippen molar-refractivity contribution in [3.05, 3.63) is 0 Å². The summed E-state index contributed by atoms with van der Waals surface area (Å²) in [5.41, 5.74) is 0. The Labute approximate surface area is 104 Å². The molecule has 0 aromatic rings. The second kappa shape index (κ2) is 7.35. The summed E-state index contributed by atoms with van der Waals surface area (Å²) < 4.78 is 0. The van der Waals surface area contributed by atoms with Crippen LogP contribution in [0.25, 0.3) is 0 Å². The van der Waals surface area contributed by atoms with E-state index in [1.807, 2.05) is 0 Å². The highest BCUT2D eigenvalue weighted by molar-refractivity contribution is 4.85. The Balaban J connectivity index is 0.000000487. The van der Waals surface area contributed by atoms with E-state index in [-0.39, 0.29) is 0 Å². The molecule has 1 aliphatic carbocycles. The smallest absolute Gasteiger partial charge is 0.0362 e. The molecule has 0 aromatic carbocycles. The minimum atomic E-state index is 0.833. The van der Waals surface area contributed by atoms with Crippen LogP contribution < -0.4 is 0 Å². The Hall–Kier alpha value is 0. The van der Waals surface area contributed by atoms with Gasteiger partial charge in [-0.1, -0.05) is 55.4 Å². The second-order valence-electron chi connectivity index (χ2n) is 6.98. The fourth-order valence-electron chi connectivity index (χ4n) is 3.11. The van der Waals surface area contributed by atoms with Crippen molar-refractivity contribution >= 4 is 0 Å². The van der Waals surface area contributed by atoms with Gasteiger partial charge in [0.15, 0.2) is 0 Å². The first-order chi connectivity index (χ1) is 7.27. The lowest BCUT2D eigenvalue weighted by Gasteiger charge is -2.25. The highest BCUT2D eigenvalue weighted by Crippen LogP contribution is 2.43. The van der Waals surface area contributed by atoms with Gasteiger partial charge in [-0.05, 0) is 48.3 Å². The molecule has 16 heavy (non-hydrogen) atoms. The molecule has 1 rings (SSSR count). The Kier molecular flexibility index (Phi) is 7.35. The maximum absolute atomic E-state index is 2.46. The van der Waals surface area contributed by atoms with Crippen molar-refractivity contribution in [2.75, 3.05) is 0 Å². The molecule has 0 aromatic heterocycles. The van der Waals surface area contributed by atoms with Crippen LogP contribution in [0.1, 0.15) is 68.2 Å². The van der Waals surface area contributed by atoms with Crippen molar-refractivity contribution in [2.45, 2.75) is 68.2 Å². The summed E-state index contributed by atoms with van der Waals surface area (Å²) in [5, 5.41) is 0. The van der Waals surface area contributed by atoms with Crippen LogP contribution in [-0.4, -0.2) is 0 Å². The molecule has 2 unspecified atom stereocenters. The maximum Gasteiger partial charge on any atom is -0.0362 e. The summed E-state index contributed by atoms with van der Waals surface area (Å²) >= 11 is 0. The normalized spacial score (nSPS) is 29.8. The monoisotopic (exact) mass is 226 g/mol. The van der Waals surface area contributed by atoms with E-state index in [0.717, 1.165) is 35.5 Å². The summed E-state index contributed by atoms with van der Waals surface area (Å²) in [6, 6.07) is 0. The van der Waals surface area contributed by atoms with Crippen LogP contribution >= 0.6 is 0 Å². The summed E-state index contributed by atoms with van der Waals surface area (Å²) in [4.78, 5) is 0. The van der Waals surface area contributed by atoms with E-state index in [0.29, 0.717) is 0 Å². The van der Waals surface area contributed by atoms with E-state index in [9.17, 15) is 0 Å². The first kappa shape index (κ1) is 16.0. The van der Waals surface area contributed by atoms with Gasteiger partial charge in [-0.2, -0.15) is 0 Å². The fourth-order valence-corrected chi connectivity index (χ4v) is 3.11. The summed E-state index contributed by atoms with van der Waals surface area (Å²) in [7, 11) is 0. The van der Waals surface area contributed by atoms with Crippen molar-refractivity contribution < 1.29 is 0 Å². The number of hydrogen-bond acceptors (Lipinski definition) is 0. The molecule has 98 valence electrons. The van der Waals surface area contributed by atoms with Crippen LogP contribution in [0.4, 0.5) is 0 Å². The Morgan fingerprint density at radius 1 is 0.688 bits per heavy atom. The predicted octanol–water partition coefficient (Wildman–Crippen LogP) is 5.62. The van der Waals surface area contributed by atoms with Gasteiger partial charge in [0.2, 0.25) is 0 Å². The first-order valence-corrected chi connectivity index (χ1v) is 7.27. The minimum Gasteiger partial charge on any atom is -0.0630 e. The lowest BCUT2D eigenvalue weighted by Crippen LogP contribution is -2.19. The molecule has 0 spiro atoms. The largest absolute Gasteiger partial charge is 0.0630 e. The van der Waals surface area contributed by atoms with E-state index in [4.69, 9.17) is 0 Å². The molecule has 0 radical (unpaired) electrons. The van der Waals surface area contributed by atoms with Crippen LogP contribution in [0.15, 0.2) is 0 Å². The predicted molar refractivity (Wildman–Crippen MR) is 75.6 cm³/mol. The zero-order valence-electron chi connectivity index (χ0n) is 12.9. The molecule has 0 bridgehead atoms. The van der Waals surface area contributed by atoms with Gasteiger partial charge in [-0.25, -0.2) is 0 Å². The highest BCUT2D eigenvalue weighted by Gasteiger charge is 2.35. The van der Waals surface area contributed by atoms with E-state index in [1.54, 1.807) is 0 Å². The second-order valence-corrected chi connectivity index (χ2v) is 6.98. The third kappa shape index (κ3) is 5.37.